The molecule has 1 heteroatoms. The van der Waals surface area contributed by atoms with E-state index < -0.39 is 0 Å². The zero-order chi connectivity index (χ0) is 18.1. The summed E-state index contributed by atoms with van der Waals surface area (Å²) in [6.45, 7) is 13.2. The average molecular weight is 338 g/mol. The Hall–Kier alpha value is -1.50. The molecule has 0 N–H and O–H groups in total. The molecule has 1 saturated carbocycles. The van der Waals surface area contributed by atoms with Crippen LogP contribution in [-0.4, -0.2) is 4.57 Å². The predicted octanol–water partition coefficient (Wildman–Crippen LogP) is 7.28. The molecule has 1 aromatic heterocycles. The molecular weight excluding hydrogens is 302 g/mol. The summed E-state index contributed by atoms with van der Waals surface area (Å²) in [5, 5.41) is 0. The Labute approximate surface area is 154 Å². The van der Waals surface area contributed by atoms with Gasteiger partial charge in [0.2, 0.25) is 0 Å². The smallest absolute Gasteiger partial charge is 0.0219 e. The largest absolute Gasteiger partial charge is 0.354 e. The second-order valence-corrected chi connectivity index (χ2v) is 9.69. The van der Waals surface area contributed by atoms with Gasteiger partial charge in [-0.05, 0) is 65.2 Å². The molecule has 0 unspecified atom stereocenters. The summed E-state index contributed by atoms with van der Waals surface area (Å²) in [6.07, 6.45) is 11.0. The molecule has 0 spiro atoms. The fraction of sp³-hybridized carbons (Fsp3) is 0.583. The van der Waals surface area contributed by atoms with Crippen molar-refractivity contribution in [2.75, 3.05) is 0 Å². The minimum absolute atomic E-state index is 0.423. The lowest BCUT2D eigenvalue weighted by Gasteiger charge is -2.45. The Balaban J connectivity index is 1.92. The normalized spacial score (nSPS) is 19.9. The summed E-state index contributed by atoms with van der Waals surface area (Å²) in [5.41, 5.74) is 5.22. The quantitative estimate of drug-likeness (QED) is 0.540. The first-order valence-corrected chi connectivity index (χ1v) is 10.0. The first kappa shape index (κ1) is 18.3. The predicted molar refractivity (Wildman–Crippen MR) is 109 cm³/mol. The summed E-state index contributed by atoms with van der Waals surface area (Å²) < 4.78 is 2.35. The van der Waals surface area contributed by atoms with Crippen LogP contribution in [0.5, 0.6) is 0 Å². The fourth-order valence-corrected chi connectivity index (χ4v) is 5.26. The molecule has 0 atom stereocenters. The summed E-state index contributed by atoms with van der Waals surface area (Å²) >= 11 is 0. The number of unbranched alkanes of at least 4 members (excludes halogenated alkanes) is 1. The lowest BCUT2D eigenvalue weighted by Crippen LogP contribution is -2.33. The van der Waals surface area contributed by atoms with Crippen molar-refractivity contribution in [3.05, 3.63) is 48.3 Å². The van der Waals surface area contributed by atoms with Gasteiger partial charge in [-0.2, -0.15) is 0 Å². The molecule has 0 saturated heterocycles. The Morgan fingerprint density at radius 1 is 1.00 bits per heavy atom. The standard InChI is InChI=1S/C24H35N/c1-6-7-13-25-14-12-19(17-25)21-10-8-9-11-22(21)20-15-23(2,3)18-24(4,5)16-20/h8-12,14,17,20H,6-7,13,15-16,18H2,1-5H3. The van der Waals surface area contributed by atoms with Crippen LogP contribution < -0.4 is 0 Å². The molecule has 1 aliphatic rings. The summed E-state index contributed by atoms with van der Waals surface area (Å²) in [4.78, 5) is 0. The lowest BCUT2D eigenvalue weighted by atomic mass is 9.60. The number of hydrogen-bond donors (Lipinski definition) is 0. The van der Waals surface area contributed by atoms with Gasteiger partial charge in [-0.25, -0.2) is 0 Å². The number of nitrogens with zero attached hydrogens (tertiary/aromatic N) is 1. The van der Waals surface area contributed by atoms with Gasteiger partial charge in [0.15, 0.2) is 0 Å². The van der Waals surface area contributed by atoms with Gasteiger partial charge in [-0.3, -0.25) is 0 Å². The van der Waals surface area contributed by atoms with Crippen LogP contribution in [0.15, 0.2) is 42.7 Å². The third-order valence-corrected chi connectivity index (χ3v) is 5.79. The Kier molecular flexibility index (Phi) is 5.14. The van der Waals surface area contributed by atoms with Crippen molar-refractivity contribution >= 4 is 0 Å². The van der Waals surface area contributed by atoms with Crippen LogP contribution in [0.4, 0.5) is 0 Å². The molecule has 3 rings (SSSR count). The Bertz CT molecular complexity index is 688. The number of benzene rings is 1. The van der Waals surface area contributed by atoms with Crippen LogP contribution in [0.2, 0.25) is 0 Å². The molecule has 0 radical (unpaired) electrons. The highest BCUT2D eigenvalue weighted by molar-refractivity contribution is 5.67. The minimum Gasteiger partial charge on any atom is -0.354 e. The zero-order valence-electron chi connectivity index (χ0n) is 16.8. The maximum atomic E-state index is 2.45. The SMILES string of the molecule is CCCCn1ccc(-c2ccccc2C2CC(C)(C)CC(C)(C)C2)c1. The summed E-state index contributed by atoms with van der Waals surface area (Å²) in [5.74, 6) is 0.661. The molecule has 1 heterocycles. The van der Waals surface area contributed by atoms with Crippen LogP contribution in [-0.2, 0) is 6.54 Å². The van der Waals surface area contributed by atoms with E-state index in [-0.39, 0.29) is 0 Å². The third-order valence-electron chi connectivity index (χ3n) is 5.79. The van der Waals surface area contributed by atoms with Crippen molar-refractivity contribution in [2.45, 2.75) is 79.2 Å². The Morgan fingerprint density at radius 3 is 2.36 bits per heavy atom. The molecular formula is C24H35N. The van der Waals surface area contributed by atoms with Crippen molar-refractivity contribution in [3.63, 3.8) is 0 Å². The van der Waals surface area contributed by atoms with Gasteiger partial charge in [0.1, 0.15) is 0 Å². The van der Waals surface area contributed by atoms with E-state index in [0.717, 1.165) is 6.54 Å². The van der Waals surface area contributed by atoms with Crippen LogP contribution >= 0.6 is 0 Å². The number of aromatic nitrogens is 1. The third kappa shape index (κ3) is 4.37. The molecule has 1 aromatic carbocycles. The minimum atomic E-state index is 0.423. The summed E-state index contributed by atoms with van der Waals surface area (Å²) in [7, 11) is 0. The van der Waals surface area contributed by atoms with Gasteiger partial charge in [0.25, 0.3) is 0 Å². The van der Waals surface area contributed by atoms with E-state index in [0.29, 0.717) is 16.7 Å². The number of hydrogen-bond acceptors (Lipinski definition) is 0. The van der Waals surface area contributed by atoms with Crippen LogP contribution in [0.25, 0.3) is 11.1 Å². The van der Waals surface area contributed by atoms with Crippen LogP contribution in [0.3, 0.4) is 0 Å². The van der Waals surface area contributed by atoms with Gasteiger partial charge in [-0.1, -0.05) is 65.3 Å². The molecule has 2 aromatic rings. The van der Waals surface area contributed by atoms with Gasteiger partial charge < -0.3 is 4.57 Å². The number of aryl methyl sites for hydroxylation is 1. The lowest BCUT2D eigenvalue weighted by molar-refractivity contribution is 0.0971. The zero-order valence-corrected chi connectivity index (χ0v) is 16.8. The maximum Gasteiger partial charge on any atom is 0.0219 e. The van der Waals surface area contributed by atoms with E-state index in [9.17, 15) is 0 Å². The van der Waals surface area contributed by atoms with Crippen LogP contribution in [0, 0.1) is 10.8 Å². The van der Waals surface area contributed by atoms with Crippen molar-refractivity contribution in [2.24, 2.45) is 10.8 Å². The molecule has 136 valence electrons. The van der Waals surface area contributed by atoms with Gasteiger partial charge in [0, 0.05) is 18.9 Å². The van der Waals surface area contributed by atoms with Crippen molar-refractivity contribution in [3.8, 4) is 11.1 Å². The molecule has 0 bridgehead atoms. The van der Waals surface area contributed by atoms with E-state index in [1.54, 1.807) is 5.56 Å². The molecule has 0 aliphatic heterocycles. The first-order chi connectivity index (χ1) is 11.8. The molecule has 1 nitrogen and oxygen atoms in total. The molecule has 1 aliphatic carbocycles. The molecule has 25 heavy (non-hydrogen) atoms. The second-order valence-electron chi connectivity index (χ2n) is 9.69. The fourth-order valence-electron chi connectivity index (χ4n) is 5.26. The van der Waals surface area contributed by atoms with Gasteiger partial charge in [-0.15, -0.1) is 0 Å². The summed E-state index contributed by atoms with van der Waals surface area (Å²) in [6, 6.07) is 11.4. The highest BCUT2D eigenvalue weighted by Gasteiger charge is 2.39. The van der Waals surface area contributed by atoms with E-state index in [2.05, 4.69) is 81.9 Å². The highest BCUT2D eigenvalue weighted by Crippen LogP contribution is 2.52. The average Bonchev–Trinajstić information content (AvgIpc) is 2.98. The van der Waals surface area contributed by atoms with E-state index in [4.69, 9.17) is 0 Å². The van der Waals surface area contributed by atoms with Crippen molar-refractivity contribution in [1.29, 1.82) is 0 Å². The second kappa shape index (κ2) is 7.02. The van der Waals surface area contributed by atoms with E-state index in [1.807, 2.05) is 0 Å². The van der Waals surface area contributed by atoms with Crippen LogP contribution in [0.1, 0.15) is 78.2 Å². The van der Waals surface area contributed by atoms with Gasteiger partial charge in [0.05, 0.1) is 0 Å². The van der Waals surface area contributed by atoms with E-state index in [1.165, 1.54) is 43.2 Å². The molecule has 0 amide bonds. The highest BCUT2D eigenvalue weighted by atomic mass is 14.9. The topological polar surface area (TPSA) is 4.93 Å². The van der Waals surface area contributed by atoms with Gasteiger partial charge >= 0.3 is 0 Å². The van der Waals surface area contributed by atoms with E-state index >= 15 is 0 Å². The number of rotatable bonds is 5. The van der Waals surface area contributed by atoms with Crippen molar-refractivity contribution in [1.82, 2.24) is 4.57 Å². The maximum absolute atomic E-state index is 2.45. The Morgan fingerprint density at radius 2 is 1.68 bits per heavy atom. The van der Waals surface area contributed by atoms with Crippen molar-refractivity contribution < 1.29 is 0 Å². The monoisotopic (exact) mass is 337 g/mol. The molecule has 1 fully saturated rings. The first-order valence-electron chi connectivity index (χ1n) is 10.0.